The molecule has 1 unspecified atom stereocenters. The molecule has 0 amide bonds. The van der Waals surface area contributed by atoms with Crippen molar-refractivity contribution in [2.24, 2.45) is 5.92 Å². The van der Waals surface area contributed by atoms with Crippen molar-refractivity contribution in [1.82, 2.24) is 4.90 Å². The topological polar surface area (TPSA) is 49.8 Å². The summed E-state index contributed by atoms with van der Waals surface area (Å²) in [6, 6.07) is 10.4. The van der Waals surface area contributed by atoms with Gasteiger partial charge in [-0.1, -0.05) is 24.6 Å². The van der Waals surface area contributed by atoms with E-state index in [9.17, 15) is 9.90 Å². The first-order valence-corrected chi connectivity index (χ1v) is 9.70. The van der Waals surface area contributed by atoms with Gasteiger partial charge in [-0.3, -0.25) is 9.69 Å². The molecule has 1 atom stereocenters. The van der Waals surface area contributed by atoms with Gasteiger partial charge in [0.25, 0.3) is 0 Å². The van der Waals surface area contributed by atoms with Crippen LogP contribution in [0.4, 0.5) is 0 Å². The Morgan fingerprint density at radius 1 is 1.19 bits per heavy atom. The third kappa shape index (κ3) is 3.12. The number of aliphatic hydroxyl groups excluding tert-OH is 1. The number of piperidine rings is 1. The van der Waals surface area contributed by atoms with E-state index in [-0.39, 0.29) is 18.3 Å². The smallest absolute Gasteiger partial charge is 0.167 e. The summed E-state index contributed by atoms with van der Waals surface area (Å²) >= 11 is 0. The minimum atomic E-state index is -0.0766. The van der Waals surface area contributed by atoms with E-state index >= 15 is 0 Å². The molecule has 2 fully saturated rings. The number of likely N-dealkylation sites (tertiary alicyclic amines) is 1. The summed E-state index contributed by atoms with van der Waals surface area (Å²) in [4.78, 5) is 15.6. The normalized spacial score (nSPS) is 21.5. The third-order valence-electron chi connectivity index (χ3n) is 6.17. The largest absolute Gasteiger partial charge is 0.496 e. The predicted molar refractivity (Wildman–Crippen MR) is 103 cm³/mol. The van der Waals surface area contributed by atoms with Crippen LogP contribution >= 0.6 is 0 Å². The number of fused-ring (bicyclic) bond motifs is 1. The average molecular weight is 353 g/mol. The number of methoxy groups -OCH3 is 1. The maximum absolute atomic E-state index is 13.1. The Labute approximate surface area is 154 Å². The summed E-state index contributed by atoms with van der Waals surface area (Å²) in [5.41, 5.74) is 1.56. The number of hydrogen-bond donors (Lipinski definition) is 1. The van der Waals surface area contributed by atoms with Crippen LogP contribution in [0.5, 0.6) is 5.75 Å². The Kier molecular flexibility index (Phi) is 4.96. The molecule has 1 aliphatic heterocycles. The van der Waals surface area contributed by atoms with Gasteiger partial charge < -0.3 is 9.84 Å². The summed E-state index contributed by atoms with van der Waals surface area (Å²) < 4.78 is 5.34. The van der Waals surface area contributed by atoms with Gasteiger partial charge in [0, 0.05) is 29.6 Å². The summed E-state index contributed by atoms with van der Waals surface area (Å²) in [6.45, 7) is 1.98. The van der Waals surface area contributed by atoms with E-state index in [0.29, 0.717) is 11.8 Å². The highest BCUT2D eigenvalue weighted by molar-refractivity contribution is 6.02. The second-order valence-corrected chi connectivity index (χ2v) is 7.62. The molecule has 0 bridgehead atoms. The number of nitrogens with zero attached hydrogens (tertiary/aromatic N) is 1. The van der Waals surface area contributed by atoms with E-state index < -0.39 is 0 Å². The van der Waals surface area contributed by atoms with Gasteiger partial charge >= 0.3 is 0 Å². The molecule has 1 aliphatic carbocycles. The monoisotopic (exact) mass is 353 g/mol. The molecule has 26 heavy (non-hydrogen) atoms. The van der Waals surface area contributed by atoms with E-state index in [1.807, 2.05) is 30.3 Å². The fourth-order valence-electron chi connectivity index (χ4n) is 4.42. The lowest BCUT2D eigenvalue weighted by atomic mass is 9.85. The van der Waals surface area contributed by atoms with Crippen LogP contribution in [0.25, 0.3) is 10.8 Å². The van der Waals surface area contributed by atoms with E-state index in [1.165, 1.54) is 19.3 Å². The number of rotatable bonds is 5. The highest BCUT2D eigenvalue weighted by Crippen LogP contribution is 2.32. The molecule has 2 aromatic rings. The van der Waals surface area contributed by atoms with Crippen LogP contribution in [0.1, 0.15) is 48.0 Å². The van der Waals surface area contributed by atoms with Crippen molar-refractivity contribution in [3.05, 3.63) is 41.5 Å². The molecule has 0 spiro atoms. The molecule has 4 heteroatoms. The Balaban J connectivity index is 1.58. The van der Waals surface area contributed by atoms with E-state index in [4.69, 9.17) is 4.74 Å². The van der Waals surface area contributed by atoms with Crippen LogP contribution in [0.2, 0.25) is 0 Å². The first-order chi connectivity index (χ1) is 12.7. The zero-order valence-electron chi connectivity index (χ0n) is 15.4. The second kappa shape index (κ2) is 7.37. The van der Waals surface area contributed by atoms with Crippen molar-refractivity contribution in [2.75, 3.05) is 20.2 Å². The van der Waals surface area contributed by atoms with Crippen LogP contribution in [-0.4, -0.2) is 42.0 Å². The van der Waals surface area contributed by atoms with Gasteiger partial charge in [-0.05, 0) is 55.1 Å². The van der Waals surface area contributed by atoms with Crippen molar-refractivity contribution in [2.45, 2.75) is 44.8 Å². The van der Waals surface area contributed by atoms with Gasteiger partial charge in [0.15, 0.2) is 5.78 Å². The van der Waals surface area contributed by atoms with Crippen molar-refractivity contribution in [3.63, 3.8) is 0 Å². The van der Waals surface area contributed by atoms with Gasteiger partial charge in [-0.15, -0.1) is 0 Å². The molecular weight excluding hydrogens is 326 g/mol. The standard InChI is InChI=1S/C22H27NO3/c1-26-21-10-8-15-12-16(7-9-19(15)20(21)14-24)22(25)17-4-3-11-23(13-17)18-5-2-6-18/h7-10,12,17-18,24H,2-6,11,13-14H2,1H3. The minimum absolute atomic E-state index is 0.0766. The van der Waals surface area contributed by atoms with Crippen LogP contribution in [0, 0.1) is 5.92 Å². The Hall–Kier alpha value is -1.91. The van der Waals surface area contributed by atoms with E-state index in [2.05, 4.69) is 4.90 Å². The number of hydrogen-bond acceptors (Lipinski definition) is 4. The minimum Gasteiger partial charge on any atom is -0.496 e. The van der Waals surface area contributed by atoms with Crippen LogP contribution in [0.15, 0.2) is 30.3 Å². The fourth-order valence-corrected chi connectivity index (χ4v) is 4.42. The molecule has 1 N–H and O–H groups in total. The number of carbonyl (C=O) groups is 1. The fraction of sp³-hybridized carbons (Fsp3) is 0.500. The lowest BCUT2D eigenvalue weighted by Crippen LogP contribution is -2.47. The van der Waals surface area contributed by atoms with Crippen molar-refractivity contribution >= 4 is 16.6 Å². The lowest BCUT2D eigenvalue weighted by molar-refractivity contribution is 0.0612. The third-order valence-corrected chi connectivity index (χ3v) is 6.17. The van der Waals surface area contributed by atoms with Crippen molar-refractivity contribution in [3.8, 4) is 5.75 Å². The maximum atomic E-state index is 13.1. The molecule has 2 aromatic carbocycles. The van der Waals surface area contributed by atoms with Crippen molar-refractivity contribution in [1.29, 1.82) is 0 Å². The Morgan fingerprint density at radius 2 is 2.04 bits per heavy atom. The van der Waals surface area contributed by atoms with Crippen LogP contribution in [0.3, 0.4) is 0 Å². The molecule has 0 aromatic heterocycles. The average Bonchev–Trinajstić information content (AvgIpc) is 2.64. The number of ether oxygens (including phenoxy) is 1. The zero-order chi connectivity index (χ0) is 18.1. The number of aliphatic hydroxyl groups is 1. The molecule has 1 saturated heterocycles. The molecule has 4 rings (SSSR count). The lowest BCUT2D eigenvalue weighted by Gasteiger charge is -2.42. The first kappa shape index (κ1) is 17.5. The maximum Gasteiger partial charge on any atom is 0.167 e. The van der Waals surface area contributed by atoms with Gasteiger partial charge in [0.1, 0.15) is 5.75 Å². The molecule has 2 aliphatic rings. The van der Waals surface area contributed by atoms with Gasteiger partial charge in [0.2, 0.25) is 0 Å². The molecular formula is C22H27NO3. The zero-order valence-corrected chi connectivity index (χ0v) is 15.4. The molecule has 4 nitrogen and oxygen atoms in total. The Bertz CT molecular complexity index is 812. The molecule has 1 saturated carbocycles. The van der Waals surface area contributed by atoms with E-state index in [1.54, 1.807) is 7.11 Å². The van der Waals surface area contributed by atoms with Crippen molar-refractivity contribution < 1.29 is 14.6 Å². The molecule has 0 radical (unpaired) electrons. The molecule has 138 valence electrons. The summed E-state index contributed by atoms with van der Waals surface area (Å²) in [6.07, 6.45) is 6.03. The quantitative estimate of drug-likeness (QED) is 0.831. The summed E-state index contributed by atoms with van der Waals surface area (Å²) in [7, 11) is 1.61. The summed E-state index contributed by atoms with van der Waals surface area (Å²) in [5, 5.41) is 11.6. The summed E-state index contributed by atoms with van der Waals surface area (Å²) in [5.74, 6) is 1.05. The van der Waals surface area contributed by atoms with Crippen LogP contribution < -0.4 is 4.74 Å². The highest BCUT2D eigenvalue weighted by atomic mass is 16.5. The second-order valence-electron chi connectivity index (χ2n) is 7.62. The first-order valence-electron chi connectivity index (χ1n) is 9.70. The predicted octanol–water partition coefficient (Wildman–Crippen LogP) is 3.79. The van der Waals surface area contributed by atoms with E-state index in [0.717, 1.165) is 47.8 Å². The van der Waals surface area contributed by atoms with Crippen LogP contribution in [-0.2, 0) is 6.61 Å². The number of carbonyl (C=O) groups excluding carboxylic acids is 1. The van der Waals surface area contributed by atoms with Gasteiger partial charge in [0.05, 0.1) is 13.7 Å². The SMILES string of the molecule is COc1ccc2cc(C(=O)C3CCCN(C4CCC4)C3)ccc2c1CO. The molecule has 1 heterocycles. The van der Waals surface area contributed by atoms with Gasteiger partial charge in [-0.25, -0.2) is 0 Å². The number of Topliss-reactive ketones (excluding diaryl/α,β-unsaturated/α-hetero) is 1. The number of benzene rings is 2. The number of ketones is 1. The Morgan fingerprint density at radius 3 is 2.73 bits per heavy atom. The van der Waals surface area contributed by atoms with Gasteiger partial charge in [-0.2, -0.15) is 0 Å². The highest BCUT2D eigenvalue weighted by Gasteiger charge is 2.32.